The molecule has 0 aromatic heterocycles. The molecule has 0 unspecified atom stereocenters. The third-order valence-corrected chi connectivity index (χ3v) is 4.07. The number of Topliss-reactive ketones (excluding diaryl/α,β-unsaturated/α-hetero) is 1. The normalized spacial score (nSPS) is 28.2. The van der Waals surface area contributed by atoms with Crippen LogP contribution in [0.2, 0.25) is 0 Å². The second-order valence-corrected chi connectivity index (χ2v) is 5.73. The molecule has 1 aromatic carbocycles. The molecule has 4 heteroatoms. The van der Waals surface area contributed by atoms with Gasteiger partial charge < -0.3 is 9.64 Å². The zero-order valence-corrected chi connectivity index (χ0v) is 11.2. The molecule has 0 spiro atoms. The highest BCUT2D eigenvalue weighted by atomic mass is 79.9. The third-order valence-electron chi connectivity index (χ3n) is 3.57. The van der Waals surface area contributed by atoms with Crippen molar-refractivity contribution >= 4 is 21.7 Å². The number of benzene rings is 1. The molecule has 2 atom stereocenters. The Kier molecular flexibility index (Phi) is 2.71. The number of hydrogen-bond acceptors (Lipinski definition) is 3. The van der Waals surface area contributed by atoms with Gasteiger partial charge in [-0.05, 0) is 31.7 Å². The van der Waals surface area contributed by atoms with Gasteiger partial charge in [-0.1, -0.05) is 15.9 Å². The Balaban J connectivity index is 2.00. The Morgan fingerprint density at radius 2 is 2.29 bits per heavy atom. The van der Waals surface area contributed by atoms with E-state index in [9.17, 15) is 4.79 Å². The molecule has 0 radical (unpaired) electrons. The summed E-state index contributed by atoms with van der Waals surface area (Å²) >= 11 is 3.40. The smallest absolute Gasteiger partial charge is 0.174 e. The molecule has 1 aromatic rings. The van der Waals surface area contributed by atoms with E-state index >= 15 is 0 Å². The molecule has 2 heterocycles. The van der Waals surface area contributed by atoms with Crippen molar-refractivity contribution in [1.29, 1.82) is 0 Å². The van der Waals surface area contributed by atoms with Crippen molar-refractivity contribution in [1.82, 2.24) is 4.90 Å². The maximum atomic E-state index is 12.4. The number of carbonyl (C=O) groups is 1. The number of nitrogens with zero attached hydrogens (tertiary/aromatic N) is 1. The first-order chi connectivity index (χ1) is 8.15. The van der Waals surface area contributed by atoms with Gasteiger partial charge in [-0.3, -0.25) is 4.79 Å². The summed E-state index contributed by atoms with van der Waals surface area (Å²) in [5.41, 5.74) is 0.718. The van der Waals surface area contributed by atoms with Crippen LogP contribution in [-0.4, -0.2) is 36.9 Å². The zero-order valence-electron chi connectivity index (χ0n) is 9.65. The largest absolute Gasteiger partial charge is 0.489 e. The SMILES string of the molecule is CN1CC[C@H]2Oc3ccc(Br)cc3C(=O)[C@H]2C1. The van der Waals surface area contributed by atoms with Crippen molar-refractivity contribution < 1.29 is 9.53 Å². The fourth-order valence-corrected chi connectivity index (χ4v) is 3.01. The molecule has 3 nitrogen and oxygen atoms in total. The quantitative estimate of drug-likeness (QED) is 0.736. The minimum absolute atomic E-state index is 0.00412. The van der Waals surface area contributed by atoms with Crippen LogP contribution in [0.5, 0.6) is 5.75 Å². The lowest BCUT2D eigenvalue weighted by Crippen LogP contribution is -2.49. The lowest BCUT2D eigenvalue weighted by molar-refractivity contribution is 0.0350. The number of rotatable bonds is 0. The van der Waals surface area contributed by atoms with E-state index in [0.717, 1.165) is 35.3 Å². The molecule has 17 heavy (non-hydrogen) atoms. The van der Waals surface area contributed by atoms with Crippen LogP contribution < -0.4 is 4.74 Å². The van der Waals surface area contributed by atoms with E-state index in [4.69, 9.17) is 4.74 Å². The first-order valence-electron chi connectivity index (χ1n) is 5.84. The Hall–Kier alpha value is -0.870. The van der Waals surface area contributed by atoms with Gasteiger partial charge in [0.15, 0.2) is 5.78 Å². The molecule has 0 N–H and O–H groups in total. The topological polar surface area (TPSA) is 29.5 Å². The van der Waals surface area contributed by atoms with Crippen molar-refractivity contribution in [3.05, 3.63) is 28.2 Å². The summed E-state index contributed by atoms with van der Waals surface area (Å²) in [7, 11) is 2.06. The van der Waals surface area contributed by atoms with Gasteiger partial charge in [-0.15, -0.1) is 0 Å². The fourth-order valence-electron chi connectivity index (χ4n) is 2.65. The number of carbonyl (C=O) groups excluding carboxylic acids is 1. The molecule has 90 valence electrons. The van der Waals surface area contributed by atoms with Gasteiger partial charge in [0.2, 0.25) is 0 Å². The maximum Gasteiger partial charge on any atom is 0.174 e. The predicted octanol–water partition coefficient (Wildman–Crippen LogP) is 2.34. The van der Waals surface area contributed by atoms with Gasteiger partial charge in [0.05, 0.1) is 11.5 Å². The van der Waals surface area contributed by atoms with Crippen LogP contribution in [0.25, 0.3) is 0 Å². The Bertz CT molecular complexity index is 474. The molecule has 1 fully saturated rings. The summed E-state index contributed by atoms with van der Waals surface area (Å²) in [5.74, 6) is 0.962. The lowest BCUT2D eigenvalue weighted by Gasteiger charge is -2.39. The number of ether oxygens (including phenoxy) is 1. The summed E-state index contributed by atoms with van der Waals surface area (Å²) < 4.78 is 6.87. The second kappa shape index (κ2) is 4.10. The van der Waals surface area contributed by atoms with E-state index in [1.807, 2.05) is 18.2 Å². The van der Waals surface area contributed by atoms with Gasteiger partial charge in [-0.25, -0.2) is 0 Å². The van der Waals surface area contributed by atoms with Crippen LogP contribution in [0.3, 0.4) is 0 Å². The second-order valence-electron chi connectivity index (χ2n) is 4.82. The first-order valence-corrected chi connectivity index (χ1v) is 6.63. The molecule has 3 rings (SSSR count). The standard InChI is InChI=1S/C13H14BrNO2/c1-15-5-4-12-10(7-15)13(16)9-6-8(14)2-3-11(9)17-12/h2-3,6,10,12H,4-5,7H2,1H3/t10-,12+/m0/s1. The van der Waals surface area contributed by atoms with Crippen molar-refractivity contribution in [2.24, 2.45) is 5.92 Å². The zero-order chi connectivity index (χ0) is 12.0. The number of piperidine rings is 1. The van der Waals surface area contributed by atoms with Crippen LogP contribution in [0.15, 0.2) is 22.7 Å². The van der Waals surface area contributed by atoms with E-state index in [1.165, 1.54) is 0 Å². The molecular formula is C13H14BrNO2. The van der Waals surface area contributed by atoms with E-state index in [0.29, 0.717) is 0 Å². The summed E-state index contributed by atoms with van der Waals surface area (Å²) in [5, 5.41) is 0. The van der Waals surface area contributed by atoms with E-state index < -0.39 is 0 Å². The average molecular weight is 296 g/mol. The van der Waals surface area contributed by atoms with Gasteiger partial charge in [0.1, 0.15) is 11.9 Å². The van der Waals surface area contributed by atoms with Gasteiger partial charge in [0, 0.05) is 17.6 Å². The summed E-state index contributed by atoms with van der Waals surface area (Å²) in [6.45, 7) is 1.80. The summed E-state index contributed by atoms with van der Waals surface area (Å²) in [4.78, 5) is 14.6. The van der Waals surface area contributed by atoms with Crippen LogP contribution in [0.4, 0.5) is 0 Å². The van der Waals surface area contributed by atoms with Crippen molar-refractivity contribution in [2.75, 3.05) is 20.1 Å². The molecule has 2 aliphatic heterocycles. The van der Waals surface area contributed by atoms with Crippen molar-refractivity contribution in [3.63, 3.8) is 0 Å². The molecular weight excluding hydrogens is 282 g/mol. The van der Waals surface area contributed by atoms with E-state index in [2.05, 4.69) is 27.9 Å². The Labute approximate surface area is 109 Å². The summed E-state index contributed by atoms with van der Waals surface area (Å²) in [6, 6.07) is 5.66. The molecule has 0 amide bonds. The van der Waals surface area contributed by atoms with Crippen LogP contribution in [0.1, 0.15) is 16.8 Å². The van der Waals surface area contributed by atoms with E-state index in [1.54, 1.807) is 0 Å². The fraction of sp³-hybridized carbons (Fsp3) is 0.462. The minimum atomic E-state index is -0.00412. The van der Waals surface area contributed by atoms with Crippen molar-refractivity contribution in [3.8, 4) is 5.75 Å². The molecule has 0 bridgehead atoms. The highest BCUT2D eigenvalue weighted by Gasteiger charge is 2.40. The maximum absolute atomic E-state index is 12.4. The van der Waals surface area contributed by atoms with E-state index in [-0.39, 0.29) is 17.8 Å². The molecule has 0 saturated carbocycles. The van der Waals surface area contributed by atoms with Crippen LogP contribution in [0, 0.1) is 5.92 Å². The van der Waals surface area contributed by atoms with Gasteiger partial charge >= 0.3 is 0 Å². The Morgan fingerprint density at radius 3 is 3.12 bits per heavy atom. The van der Waals surface area contributed by atoms with Crippen LogP contribution in [-0.2, 0) is 0 Å². The highest BCUT2D eigenvalue weighted by Crippen LogP contribution is 2.35. The number of hydrogen-bond donors (Lipinski definition) is 0. The Morgan fingerprint density at radius 1 is 1.47 bits per heavy atom. The monoisotopic (exact) mass is 295 g/mol. The van der Waals surface area contributed by atoms with Crippen molar-refractivity contribution in [2.45, 2.75) is 12.5 Å². The highest BCUT2D eigenvalue weighted by molar-refractivity contribution is 9.10. The average Bonchev–Trinajstić information content (AvgIpc) is 2.32. The van der Waals surface area contributed by atoms with Gasteiger partial charge in [-0.2, -0.15) is 0 Å². The minimum Gasteiger partial charge on any atom is -0.489 e. The number of fused-ring (bicyclic) bond motifs is 2. The molecule has 2 aliphatic rings. The number of halogens is 1. The number of likely N-dealkylation sites (tertiary alicyclic amines) is 1. The predicted molar refractivity (Wildman–Crippen MR) is 68.5 cm³/mol. The lowest BCUT2D eigenvalue weighted by atomic mass is 9.85. The molecule has 0 aliphatic carbocycles. The number of ketones is 1. The van der Waals surface area contributed by atoms with Crippen LogP contribution >= 0.6 is 15.9 Å². The first kappa shape index (κ1) is 11.2. The molecule has 1 saturated heterocycles. The summed E-state index contributed by atoms with van der Waals surface area (Å²) in [6.07, 6.45) is 0.995. The van der Waals surface area contributed by atoms with Gasteiger partial charge in [0.25, 0.3) is 0 Å². The third kappa shape index (κ3) is 1.89.